The molecule has 1 aromatic carbocycles. The molecule has 0 aromatic heterocycles. The third-order valence-corrected chi connectivity index (χ3v) is 3.27. The van der Waals surface area contributed by atoms with Gasteiger partial charge in [0.2, 0.25) is 11.8 Å². The van der Waals surface area contributed by atoms with Crippen LogP contribution in [0.2, 0.25) is 0 Å². The number of hydrogen-bond donors (Lipinski definition) is 2. The van der Waals surface area contributed by atoms with Crippen LogP contribution in [-0.4, -0.2) is 31.6 Å². The maximum absolute atomic E-state index is 11.7. The number of carbonyl (C=O) groups is 2. The molecule has 0 heterocycles. The maximum atomic E-state index is 11.7. The summed E-state index contributed by atoms with van der Waals surface area (Å²) >= 11 is 0. The Morgan fingerprint density at radius 3 is 2.48 bits per heavy atom. The molecule has 0 saturated carbocycles. The van der Waals surface area contributed by atoms with Crippen LogP contribution in [0.1, 0.15) is 39.5 Å². The molecule has 0 radical (unpaired) electrons. The summed E-state index contributed by atoms with van der Waals surface area (Å²) in [6.07, 6.45) is 3.26. The number of amides is 2. The summed E-state index contributed by atoms with van der Waals surface area (Å²) in [5, 5.41) is 5.36. The Morgan fingerprint density at radius 1 is 1.04 bits per heavy atom. The molecule has 0 aliphatic carbocycles. The van der Waals surface area contributed by atoms with Gasteiger partial charge in [-0.2, -0.15) is 0 Å². The molecule has 5 heteroatoms. The van der Waals surface area contributed by atoms with Gasteiger partial charge in [0.1, 0.15) is 6.42 Å². The van der Waals surface area contributed by atoms with Crippen molar-refractivity contribution in [1.29, 1.82) is 0 Å². The zero-order valence-corrected chi connectivity index (χ0v) is 14.1. The topological polar surface area (TPSA) is 67.4 Å². The van der Waals surface area contributed by atoms with Crippen molar-refractivity contribution in [2.24, 2.45) is 5.92 Å². The summed E-state index contributed by atoms with van der Waals surface area (Å²) in [7, 11) is 0. The van der Waals surface area contributed by atoms with Gasteiger partial charge in [-0.05, 0) is 24.5 Å². The van der Waals surface area contributed by atoms with Crippen LogP contribution in [0.3, 0.4) is 0 Å². The Labute approximate surface area is 138 Å². The molecule has 128 valence electrons. The molecule has 0 aliphatic rings. The van der Waals surface area contributed by atoms with Crippen molar-refractivity contribution in [3.63, 3.8) is 0 Å². The van der Waals surface area contributed by atoms with E-state index in [-0.39, 0.29) is 18.2 Å². The molecule has 0 saturated heterocycles. The van der Waals surface area contributed by atoms with Gasteiger partial charge in [-0.15, -0.1) is 0 Å². The average molecular weight is 320 g/mol. The predicted octanol–water partition coefficient (Wildman–Crippen LogP) is 2.97. The maximum Gasteiger partial charge on any atom is 0.233 e. The summed E-state index contributed by atoms with van der Waals surface area (Å²) in [5.74, 6) is 0.126. The van der Waals surface area contributed by atoms with E-state index in [1.165, 1.54) is 12.8 Å². The van der Waals surface area contributed by atoms with Crippen molar-refractivity contribution in [2.45, 2.75) is 39.5 Å². The molecule has 0 atom stereocenters. The van der Waals surface area contributed by atoms with Gasteiger partial charge < -0.3 is 15.4 Å². The quantitative estimate of drug-likeness (QED) is 0.486. The highest BCUT2D eigenvalue weighted by atomic mass is 16.5. The summed E-state index contributed by atoms with van der Waals surface area (Å²) in [5.41, 5.74) is 0.690. The Balaban J connectivity index is 2.00. The normalized spacial score (nSPS) is 10.6. The fraction of sp³-hybridized carbons (Fsp3) is 0.556. The SMILES string of the molecule is CC(C)CCCCOCCNC(=O)CC(=O)Nc1ccccc1. The molecule has 0 fully saturated rings. The lowest BCUT2D eigenvalue weighted by Crippen LogP contribution is -2.30. The zero-order valence-electron chi connectivity index (χ0n) is 14.1. The second-order valence-corrected chi connectivity index (χ2v) is 5.94. The fourth-order valence-corrected chi connectivity index (χ4v) is 2.06. The van der Waals surface area contributed by atoms with Crippen LogP contribution < -0.4 is 10.6 Å². The summed E-state index contributed by atoms with van der Waals surface area (Å²) in [6.45, 7) is 6.06. The van der Waals surface area contributed by atoms with E-state index in [9.17, 15) is 9.59 Å². The molecule has 1 rings (SSSR count). The number of para-hydroxylation sites is 1. The van der Waals surface area contributed by atoms with Crippen molar-refractivity contribution < 1.29 is 14.3 Å². The number of nitrogens with one attached hydrogen (secondary N) is 2. The van der Waals surface area contributed by atoms with Crippen LogP contribution in [0.5, 0.6) is 0 Å². The van der Waals surface area contributed by atoms with Crippen LogP contribution in [-0.2, 0) is 14.3 Å². The molecule has 0 spiro atoms. The zero-order chi connectivity index (χ0) is 16.9. The minimum Gasteiger partial charge on any atom is -0.380 e. The summed E-state index contributed by atoms with van der Waals surface area (Å²) < 4.78 is 5.45. The highest BCUT2D eigenvalue weighted by Gasteiger charge is 2.08. The highest BCUT2D eigenvalue weighted by molar-refractivity contribution is 6.03. The average Bonchev–Trinajstić information content (AvgIpc) is 2.50. The van der Waals surface area contributed by atoms with E-state index in [2.05, 4.69) is 24.5 Å². The smallest absolute Gasteiger partial charge is 0.233 e. The molecule has 2 amide bonds. The van der Waals surface area contributed by atoms with E-state index in [0.717, 1.165) is 18.9 Å². The monoisotopic (exact) mass is 320 g/mol. The molecule has 2 N–H and O–H groups in total. The van der Waals surface area contributed by atoms with E-state index < -0.39 is 0 Å². The highest BCUT2D eigenvalue weighted by Crippen LogP contribution is 2.06. The Morgan fingerprint density at radius 2 is 1.78 bits per heavy atom. The fourth-order valence-electron chi connectivity index (χ4n) is 2.06. The number of hydrogen-bond acceptors (Lipinski definition) is 3. The lowest BCUT2D eigenvalue weighted by molar-refractivity contribution is -0.126. The van der Waals surface area contributed by atoms with E-state index in [1.807, 2.05) is 18.2 Å². The largest absolute Gasteiger partial charge is 0.380 e. The van der Waals surface area contributed by atoms with Gasteiger partial charge in [-0.3, -0.25) is 9.59 Å². The third-order valence-electron chi connectivity index (χ3n) is 3.27. The van der Waals surface area contributed by atoms with Gasteiger partial charge in [0.15, 0.2) is 0 Å². The van der Waals surface area contributed by atoms with E-state index in [1.54, 1.807) is 12.1 Å². The summed E-state index contributed by atoms with van der Waals surface area (Å²) in [4.78, 5) is 23.3. The number of rotatable bonds is 11. The summed E-state index contributed by atoms with van der Waals surface area (Å²) in [6, 6.07) is 9.08. The molecule has 0 unspecified atom stereocenters. The van der Waals surface area contributed by atoms with E-state index in [4.69, 9.17) is 4.74 Å². The second kappa shape index (κ2) is 11.7. The molecular weight excluding hydrogens is 292 g/mol. The van der Waals surface area contributed by atoms with Gasteiger partial charge in [-0.1, -0.05) is 44.9 Å². The van der Waals surface area contributed by atoms with Crippen molar-refractivity contribution in [2.75, 3.05) is 25.1 Å². The minimum absolute atomic E-state index is 0.177. The van der Waals surface area contributed by atoms with Crippen LogP contribution in [0.15, 0.2) is 30.3 Å². The number of ether oxygens (including phenoxy) is 1. The molecule has 0 bridgehead atoms. The minimum atomic E-state index is -0.316. The predicted molar refractivity (Wildman–Crippen MR) is 92.2 cm³/mol. The van der Waals surface area contributed by atoms with Crippen LogP contribution >= 0.6 is 0 Å². The molecular formula is C18H28N2O3. The molecule has 5 nitrogen and oxygen atoms in total. The molecule has 1 aromatic rings. The Hall–Kier alpha value is -1.88. The lowest BCUT2D eigenvalue weighted by atomic mass is 10.1. The Bertz CT molecular complexity index is 461. The third kappa shape index (κ3) is 10.5. The standard InChI is InChI=1S/C18H28N2O3/c1-15(2)8-6-7-12-23-13-11-19-17(21)14-18(22)20-16-9-4-3-5-10-16/h3-5,9-10,15H,6-8,11-14H2,1-2H3,(H,19,21)(H,20,22). The van der Waals surface area contributed by atoms with Crippen molar-refractivity contribution in [1.82, 2.24) is 5.32 Å². The lowest BCUT2D eigenvalue weighted by Gasteiger charge is -2.08. The first-order chi connectivity index (χ1) is 11.1. The first kappa shape index (κ1) is 19.2. The van der Waals surface area contributed by atoms with Gasteiger partial charge in [0, 0.05) is 18.8 Å². The van der Waals surface area contributed by atoms with Crippen molar-refractivity contribution in [3.8, 4) is 0 Å². The van der Waals surface area contributed by atoms with Crippen LogP contribution in [0.4, 0.5) is 5.69 Å². The number of benzene rings is 1. The van der Waals surface area contributed by atoms with Gasteiger partial charge in [0.25, 0.3) is 0 Å². The van der Waals surface area contributed by atoms with Crippen LogP contribution in [0, 0.1) is 5.92 Å². The van der Waals surface area contributed by atoms with Crippen molar-refractivity contribution in [3.05, 3.63) is 30.3 Å². The van der Waals surface area contributed by atoms with Crippen LogP contribution in [0.25, 0.3) is 0 Å². The number of carbonyl (C=O) groups excluding carboxylic acids is 2. The Kier molecular flexibility index (Phi) is 9.71. The first-order valence-electron chi connectivity index (χ1n) is 8.27. The second-order valence-electron chi connectivity index (χ2n) is 5.94. The van der Waals surface area contributed by atoms with E-state index in [0.29, 0.717) is 18.8 Å². The van der Waals surface area contributed by atoms with Crippen molar-refractivity contribution >= 4 is 17.5 Å². The van der Waals surface area contributed by atoms with Gasteiger partial charge in [0.05, 0.1) is 6.61 Å². The number of unbranched alkanes of at least 4 members (excludes halogenated alkanes) is 1. The molecule has 23 heavy (non-hydrogen) atoms. The van der Waals surface area contributed by atoms with Gasteiger partial charge in [-0.25, -0.2) is 0 Å². The van der Waals surface area contributed by atoms with Gasteiger partial charge >= 0.3 is 0 Å². The van der Waals surface area contributed by atoms with E-state index >= 15 is 0 Å². The first-order valence-corrected chi connectivity index (χ1v) is 8.27. The number of anilines is 1. The molecule has 0 aliphatic heterocycles.